The number of nitrogens with zero attached hydrogens (tertiary/aromatic N) is 1. The van der Waals surface area contributed by atoms with Gasteiger partial charge in [-0.2, -0.15) is 0 Å². The minimum atomic E-state index is 0.214. The Labute approximate surface area is 115 Å². The van der Waals surface area contributed by atoms with Gasteiger partial charge in [0.05, 0.1) is 4.87 Å². The third-order valence-electron chi connectivity index (χ3n) is 3.98. The number of hydrogen-bond donors (Lipinski definition) is 1. The van der Waals surface area contributed by atoms with E-state index in [-0.39, 0.29) is 11.9 Å². The number of amides is 1. The molecule has 2 aliphatic rings. The molecule has 104 valence electrons. The molecule has 1 amide bonds. The summed E-state index contributed by atoms with van der Waals surface area (Å²) in [4.78, 5) is 14.7. The highest BCUT2D eigenvalue weighted by Gasteiger charge is 2.60. The van der Waals surface area contributed by atoms with E-state index in [2.05, 4.69) is 35.8 Å². The molecule has 0 bridgehead atoms. The first-order chi connectivity index (χ1) is 8.45. The molecule has 1 N–H and O–H groups in total. The van der Waals surface area contributed by atoms with Crippen molar-refractivity contribution in [3.63, 3.8) is 0 Å². The van der Waals surface area contributed by atoms with Crippen LogP contribution < -0.4 is 5.32 Å². The zero-order valence-electron chi connectivity index (χ0n) is 12.0. The lowest BCUT2D eigenvalue weighted by molar-refractivity contribution is -0.121. The second-order valence-electron chi connectivity index (χ2n) is 6.14. The van der Waals surface area contributed by atoms with E-state index in [9.17, 15) is 4.79 Å². The van der Waals surface area contributed by atoms with Crippen LogP contribution in [0.5, 0.6) is 0 Å². The average molecular weight is 270 g/mol. The van der Waals surface area contributed by atoms with E-state index in [0.29, 0.717) is 17.3 Å². The molecule has 3 nitrogen and oxygen atoms in total. The summed E-state index contributed by atoms with van der Waals surface area (Å²) in [6.45, 7) is 9.83. The van der Waals surface area contributed by atoms with Gasteiger partial charge in [0.2, 0.25) is 5.91 Å². The molecule has 0 aromatic rings. The molecule has 1 saturated heterocycles. The van der Waals surface area contributed by atoms with Crippen LogP contribution in [0.3, 0.4) is 0 Å². The van der Waals surface area contributed by atoms with Crippen molar-refractivity contribution in [2.75, 3.05) is 12.3 Å². The highest BCUT2D eigenvalue weighted by molar-refractivity contribution is 8.01. The van der Waals surface area contributed by atoms with Crippen LogP contribution in [0.2, 0.25) is 0 Å². The van der Waals surface area contributed by atoms with Crippen molar-refractivity contribution in [1.82, 2.24) is 10.2 Å². The van der Waals surface area contributed by atoms with Crippen molar-refractivity contribution < 1.29 is 4.79 Å². The Morgan fingerprint density at radius 2 is 2.17 bits per heavy atom. The van der Waals surface area contributed by atoms with Gasteiger partial charge in [0, 0.05) is 30.8 Å². The standard InChI is InChI=1S/C14H26N2OS/c1-10(2)15-13(17)6-5-12-9-14(12)16(11(3)4)7-8-18-14/h10-12H,5-9H2,1-4H3,(H,15,17). The summed E-state index contributed by atoms with van der Waals surface area (Å²) in [6, 6.07) is 0.896. The molecule has 2 unspecified atom stereocenters. The topological polar surface area (TPSA) is 32.3 Å². The van der Waals surface area contributed by atoms with Crippen LogP contribution in [0, 0.1) is 5.92 Å². The lowest BCUT2D eigenvalue weighted by Gasteiger charge is -2.28. The summed E-state index contributed by atoms with van der Waals surface area (Å²) in [5.41, 5.74) is 0. The molecule has 1 heterocycles. The van der Waals surface area contributed by atoms with E-state index < -0.39 is 0 Å². The van der Waals surface area contributed by atoms with Crippen molar-refractivity contribution in [2.45, 2.75) is 63.9 Å². The number of thioether (sulfide) groups is 1. The molecule has 2 fully saturated rings. The first-order valence-corrected chi connectivity index (χ1v) is 8.14. The van der Waals surface area contributed by atoms with Gasteiger partial charge in [0.15, 0.2) is 0 Å². The monoisotopic (exact) mass is 270 g/mol. The zero-order valence-corrected chi connectivity index (χ0v) is 12.8. The lowest BCUT2D eigenvalue weighted by atomic mass is 10.2. The maximum absolute atomic E-state index is 11.7. The van der Waals surface area contributed by atoms with E-state index in [1.54, 1.807) is 0 Å². The quantitative estimate of drug-likeness (QED) is 0.833. The van der Waals surface area contributed by atoms with Gasteiger partial charge >= 0.3 is 0 Å². The number of hydrogen-bond acceptors (Lipinski definition) is 3. The van der Waals surface area contributed by atoms with Crippen LogP contribution >= 0.6 is 11.8 Å². The number of carbonyl (C=O) groups excluding carboxylic acids is 1. The molecule has 4 heteroatoms. The Kier molecular flexibility index (Phi) is 4.27. The molecular formula is C14H26N2OS. The second kappa shape index (κ2) is 5.41. The minimum absolute atomic E-state index is 0.214. The number of nitrogens with one attached hydrogen (secondary N) is 1. The first-order valence-electron chi connectivity index (χ1n) is 7.16. The smallest absolute Gasteiger partial charge is 0.220 e. The molecule has 0 radical (unpaired) electrons. The molecule has 1 spiro atoms. The van der Waals surface area contributed by atoms with Gasteiger partial charge in [0.1, 0.15) is 0 Å². The molecule has 2 rings (SSSR count). The van der Waals surface area contributed by atoms with Gasteiger partial charge < -0.3 is 5.32 Å². The molecule has 2 atom stereocenters. The van der Waals surface area contributed by atoms with Crippen LogP contribution in [0.25, 0.3) is 0 Å². The maximum atomic E-state index is 11.7. The Morgan fingerprint density at radius 1 is 1.44 bits per heavy atom. The highest BCUT2D eigenvalue weighted by atomic mass is 32.2. The van der Waals surface area contributed by atoms with E-state index in [1.807, 2.05) is 13.8 Å². The van der Waals surface area contributed by atoms with E-state index in [4.69, 9.17) is 0 Å². The third-order valence-corrected chi connectivity index (χ3v) is 5.60. The molecule has 1 aliphatic carbocycles. The zero-order chi connectivity index (χ0) is 13.3. The van der Waals surface area contributed by atoms with E-state index in [0.717, 1.165) is 12.3 Å². The van der Waals surface area contributed by atoms with Crippen molar-refractivity contribution in [1.29, 1.82) is 0 Å². The SMILES string of the molecule is CC(C)NC(=O)CCC1CC12SCCN2C(C)C. The summed E-state index contributed by atoms with van der Waals surface area (Å²) >= 11 is 2.11. The predicted octanol–water partition coefficient (Wildman–Crippen LogP) is 2.46. The van der Waals surface area contributed by atoms with Crippen LogP contribution in [-0.2, 0) is 4.79 Å². The molecule has 0 aromatic carbocycles. The van der Waals surface area contributed by atoms with Crippen LogP contribution in [0.15, 0.2) is 0 Å². The van der Waals surface area contributed by atoms with Gasteiger partial charge in [0.25, 0.3) is 0 Å². The van der Waals surface area contributed by atoms with Gasteiger partial charge in [-0.25, -0.2) is 0 Å². The van der Waals surface area contributed by atoms with Crippen molar-refractivity contribution in [3.05, 3.63) is 0 Å². The summed E-state index contributed by atoms with van der Waals surface area (Å²) in [7, 11) is 0. The normalized spacial score (nSPS) is 31.6. The van der Waals surface area contributed by atoms with E-state index >= 15 is 0 Å². The summed E-state index contributed by atoms with van der Waals surface area (Å²) in [5.74, 6) is 2.20. The van der Waals surface area contributed by atoms with Crippen LogP contribution in [0.1, 0.15) is 47.0 Å². The molecule has 1 aliphatic heterocycles. The predicted molar refractivity (Wildman–Crippen MR) is 77.7 cm³/mol. The Hall–Kier alpha value is -0.220. The number of rotatable bonds is 5. The molecule has 18 heavy (non-hydrogen) atoms. The van der Waals surface area contributed by atoms with Crippen molar-refractivity contribution in [3.8, 4) is 0 Å². The largest absolute Gasteiger partial charge is 0.354 e. The fraction of sp³-hybridized carbons (Fsp3) is 0.929. The van der Waals surface area contributed by atoms with Gasteiger partial charge in [-0.1, -0.05) is 0 Å². The third kappa shape index (κ3) is 2.85. The summed E-state index contributed by atoms with van der Waals surface area (Å²) in [5, 5.41) is 2.98. The van der Waals surface area contributed by atoms with Gasteiger partial charge in [-0.15, -0.1) is 11.8 Å². The van der Waals surface area contributed by atoms with E-state index in [1.165, 1.54) is 18.7 Å². The maximum Gasteiger partial charge on any atom is 0.220 e. The first kappa shape index (κ1) is 14.2. The Bertz CT molecular complexity index is 319. The van der Waals surface area contributed by atoms with Crippen LogP contribution in [0.4, 0.5) is 0 Å². The highest BCUT2D eigenvalue weighted by Crippen LogP contribution is 2.61. The Balaban J connectivity index is 1.79. The average Bonchev–Trinajstić information content (AvgIpc) is 2.74. The van der Waals surface area contributed by atoms with Gasteiger partial charge in [-0.05, 0) is 46.5 Å². The summed E-state index contributed by atoms with van der Waals surface area (Å²) < 4.78 is 0. The second-order valence-corrected chi connectivity index (χ2v) is 7.55. The van der Waals surface area contributed by atoms with Crippen LogP contribution in [-0.4, -0.2) is 40.1 Å². The minimum Gasteiger partial charge on any atom is -0.354 e. The Morgan fingerprint density at radius 3 is 2.78 bits per heavy atom. The summed E-state index contributed by atoms with van der Waals surface area (Å²) in [6.07, 6.45) is 3.02. The number of carbonyl (C=O) groups is 1. The molecular weight excluding hydrogens is 244 g/mol. The van der Waals surface area contributed by atoms with Gasteiger partial charge in [-0.3, -0.25) is 9.69 Å². The lowest BCUT2D eigenvalue weighted by Crippen LogP contribution is -2.37. The molecule has 1 saturated carbocycles. The fourth-order valence-electron chi connectivity index (χ4n) is 3.14. The fourth-order valence-corrected chi connectivity index (χ4v) is 4.92. The van der Waals surface area contributed by atoms with Crippen molar-refractivity contribution in [2.24, 2.45) is 5.92 Å². The molecule has 0 aromatic heterocycles. The van der Waals surface area contributed by atoms with Crippen molar-refractivity contribution >= 4 is 17.7 Å².